The lowest BCUT2D eigenvalue weighted by molar-refractivity contribution is 0.620. The molecule has 2 aromatic carbocycles. The van der Waals surface area contributed by atoms with Gasteiger partial charge in [0.25, 0.3) is 0 Å². The van der Waals surface area contributed by atoms with Crippen LogP contribution in [-0.2, 0) is 0 Å². The van der Waals surface area contributed by atoms with Gasteiger partial charge in [0.2, 0.25) is 5.89 Å². The third kappa shape index (κ3) is 3.23. The Hall–Kier alpha value is -3.09. The van der Waals surface area contributed by atoms with Gasteiger partial charge in [0.1, 0.15) is 23.2 Å². The number of hydrogen-bond acceptors (Lipinski definition) is 5. The second-order valence-electron chi connectivity index (χ2n) is 4.64. The highest BCUT2D eigenvalue weighted by atomic mass is 79.9. The van der Waals surface area contributed by atoms with Crippen LogP contribution in [0.25, 0.3) is 22.6 Å². The number of nitriles is 2. The standard InChI is InChI=1S/C17H9BrN4O/c18-13-3-1-2-12(6-13)17-22-15-7-14(4-5-16(15)23-17)21-10-11(8-19)9-20/h1-7,10,21H. The van der Waals surface area contributed by atoms with Gasteiger partial charge in [-0.15, -0.1) is 0 Å². The van der Waals surface area contributed by atoms with E-state index < -0.39 is 0 Å². The highest BCUT2D eigenvalue weighted by Crippen LogP contribution is 2.27. The third-order valence-corrected chi connectivity index (χ3v) is 3.58. The average Bonchev–Trinajstić information content (AvgIpc) is 2.99. The van der Waals surface area contributed by atoms with E-state index in [1.165, 1.54) is 6.20 Å². The first kappa shape index (κ1) is 14.8. The lowest BCUT2D eigenvalue weighted by Gasteiger charge is -1.98. The fourth-order valence-corrected chi connectivity index (χ4v) is 2.41. The molecule has 1 aromatic heterocycles. The fraction of sp³-hybridized carbons (Fsp3) is 0. The number of allylic oxidation sites excluding steroid dienone is 1. The van der Waals surface area contributed by atoms with Crippen molar-refractivity contribution in [3.63, 3.8) is 0 Å². The Morgan fingerprint density at radius 2 is 2.00 bits per heavy atom. The van der Waals surface area contributed by atoms with Gasteiger partial charge in [-0.2, -0.15) is 10.5 Å². The molecule has 0 spiro atoms. The molecule has 0 saturated heterocycles. The molecule has 3 aromatic rings. The summed E-state index contributed by atoms with van der Waals surface area (Å²) in [6.45, 7) is 0. The van der Waals surface area contributed by atoms with Crippen LogP contribution in [0.2, 0.25) is 0 Å². The minimum atomic E-state index is 0.0000690. The Morgan fingerprint density at radius 1 is 1.17 bits per heavy atom. The van der Waals surface area contributed by atoms with Crippen molar-refractivity contribution in [2.24, 2.45) is 0 Å². The van der Waals surface area contributed by atoms with E-state index >= 15 is 0 Å². The molecule has 1 N–H and O–H groups in total. The van der Waals surface area contributed by atoms with Gasteiger partial charge in [-0.3, -0.25) is 0 Å². The first-order valence-corrected chi connectivity index (χ1v) is 7.42. The van der Waals surface area contributed by atoms with Gasteiger partial charge in [-0.05, 0) is 36.4 Å². The lowest BCUT2D eigenvalue weighted by atomic mass is 10.2. The Morgan fingerprint density at radius 3 is 2.74 bits per heavy atom. The number of oxazole rings is 1. The van der Waals surface area contributed by atoms with Crippen molar-refractivity contribution >= 4 is 32.7 Å². The molecule has 0 atom stereocenters. The molecule has 0 aliphatic heterocycles. The predicted molar refractivity (Wildman–Crippen MR) is 90.1 cm³/mol. The number of anilines is 1. The molecule has 6 heteroatoms. The van der Waals surface area contributed by atoms with Crippen LogP contribution in [-0.4, -0.2) is 4.98 Å². The summed E-state index contributed by atoms with van der Waals surface area (Å²) in [6.07, 6.45) is 1.36. The molecular weight excluding hydrogens is 356 g/mol. The highest BCUT2D eigenvalue weighted by Gasteiger charge is 2.09. The van der Waals surface area contributed by atoms with Crippen molar-refractivity contribution in [2.45, 2.75) is 0 Å². The zero-order chi connectivity index (χ0) is 16.2. The maximum atomic E-state index is 8.72. The highest BCUT2D eigenvalue weighted by molar-refractivity contribution is 9.10. The summed E-state index contributed by atoms with van der Waals surface area (Å²) in [4.78, 5) is 4.47. The van der Waals surface area contributed by atoms with Gasteiger partial charge < -0.3 is 9.73 Å². The molecule has 0 amide bonds. The lowest BCUT2D eigenvalue weighted by Crippen LogP contribution is -1.89. The number of nitrogens with zero attached hydrogens (tertiary/aromatic N) is 3. The first-order valence-electron chi connectivity index (χ1n) is 6.63. The zero-order valence-electron chi connectivity index (χ0n) is 11.7. The number of aromatic nitrogens is 1. The minimum Gasteiger partial charge on any atom is -0.436 e. The van der Waals surface area contributed by atoms with Crippen molar-refractivity contribution in [3.8, 4) is 23.6 Å². The van der Waals surface area contributed by atoms with Gasteiger partial charge >= 0.3 is 0 Å². The largest absolute Gasteiger partial charge is 0.436 e. The van der Waals surface area contributed by atoms with Gasteiger partial charge in [0.15, 0.2) is 5.58 Å². The molecule has 0 aliphatic carbocycles. The number of halogens is 1. The van der Waals surface area contributed by atoms with Crippen molar-refractivity contribution in [3.05, 3.63) is 58.7 Å². The summed E-state index contributed by atoms with van der Waals surface area (Å²) in [7, 11) is 0. The van der Waals surface area contributed by atoms with Crippen LogP contribution in [0.5, 0.6) is 0 Å². The van der Waals surface area contributed by atoms with E-state index in [4.69, 9.17) is 14.9 Å². The van der Waals surface area contributed by atoms with E-state index in [1.807, 2.05) is 24.3 Å². The molecule has 23 heavy (non-hydrogen) atoms. The molecule has 0 aliphatic rings. The second kappa shape index (κ2) is 6.35. The number of fused-ring (bicyclic) bond motifs is 1. The van der Waals surface area contributed by atoms with Crippen LogP contribution < -0.4 is 5.32 Å². The van der Waals surface area contributed by atoms with Crippen LogP contribution in [0.4, 0.5) is 5.69 Å². The molecule has 0 fully saturated rings. The van der Waals surface area contributed by atoms with Crippen LogP contribution in [0.3, 0.4) is 0 Å². The molecule has 5 nitrogen and oxygen atoms in total. The van der Waals surface area contributed by atoms with Gasteiger partial charge in [-0.25, -0.2) is 4.98 Å². The minimum absolute atomic E-state index is 0.0000690. The van der Waals surface area contributed by atoms with Gasteiger partial charge in [-0.1, -0.05) is 22.0 Å². The van der Waals surface area contributed by atoms with Gasteiger partial charge in [0.05, 0.1) is 0 Å². The number of rotatable bonds is 3. The second-order valence-corrected chi connectivity index (χ2v) is 5.55. The maximum Gasteiger partial charge on any atom is 0.227 e. The van der Waals surface area contributed by atoms with Gasteiger partial charge in [0, 0.05) is 21.9 Å². The predicted octanol–water partition coefficient (Wildman–Crippen LogP) is 4.60. The van der Waals surface area contributed by atoms with E-state index in [1.54, 1.807) is 30.3 Å². The summed E-state index contributed by atoms with van der Waals surface area (Å²) in [5.74, 6) is 0.531. The summed E-state index contributed by atoms with van der Waals surface area (Å²) < 4.78 is 6.70. The Balaban J connectivity index is 1.94. The molecule has 0 bridgehead atoms. The van der Waals surface area contributed by atoms with Crippen LogP contribution in [0, 0.1) is 22.7 Å². The van der Waals surface area contributed by atoms with Crippen molar-refractivity contribution in [2.75, 3.05) is 5.32 Å². The average molecular weight is 365 g/mol. The van der Waals surface area contributed by atoms with Crippen LogP contribution >= 0.6 is 15.9 Å². The molecule has 110 valence electrons. The quantitative estimate of drug-likeness (QED) is 0.686. The zero-order valence-corrected chi connectivity index (χ0v) is 13.3. The van der Waals surface area contributed by atoms with Crippen LogP contribution in [0.1, 0.15) is 0 Å². The fourth-order valence-electron chi connectivity index (χ4n) is 2.01. The summed E-state index contributed by atoms with van der Waals surface area (Å²) >= 11 is 3.42. The molecular formula is C17H9BrN4O. The SMILES string of the molecule is N#CC(C#N)=CNc1ccc2oc(-c3cccc(Br)c3)nc2c1. The molecule has 0 saturated carbocycles. The number of benzene rings is 2. The monoisotopic (exact) mass is 364 g/mol. The summed E-state index contributed by atoms with van der Waals surface area (Å²) in [6, 6.07) is 16.7. The van der Waals surface area contributed by atoms with Crippen molar-refractivity contribution in [1.82, 2.24) is 4.98 Å². The smallest absolute Gasteiger partial charge is 0.227 e. The molecule has 1 heterocycles. The van der Waals surface area contributed by atoms with E-state index in [2.05, 4.69) is 26.2 Å². The first-order chi connectivity index (χ1) is 11.2. The van der Waals surface area contributed by atoms with E-state index in [0.717, 1.165) is 15.7 Å². The van der Waals surface area contributed by atoms with E-state index in [0.29, 0.717) is 17.0 Å². The maximum absolute atomic E-state index is 8.72. The van der Waals surface area contributed by atoms with Crippen molar-refractivity contribution < 1.29 is 4.42 Å². The number of nitrogens with one attached hydrogen (secondary N) is 1. The Kier molecular flexibility index (Phi) is 4.09. The molecule has 0 radical (unpaired) electrons. The summed E-state index contributed by atoms with van der Waals surface area (Å²) in [5, 5.41) is 20.3. The topological polar surface area (TPSA) is 85.6 Å². The Labute approximate surface area is 140 Å². The van der Waals surface area contributed by atoms with Crippen LogP contribution in [0.15, 0.2) is 63.1 Å². The van der Waals surface area contributed by atoms with E-state index in [9.17, 15) is 0 Å². The Bertz CT molecular complexity index is 976. The normalized spacial score (nSPS) is 9.87. The van der Waals surface area contributed by atoms with Crippen molar-refractivity contribution in [1.29, 1.82) is 10.5 Å². The molecule has 3 rings (SSSR count). The third-order valence-electron chi connectivity index (χ3n) is 3.08. The summed E-state index contributed by atoms with van der Waals surface area (Å²) in [5.41, 5.74) is 2.94. The number of hydrogen-bond donors (Lipinski definition) is 1. The van der Waals surface area contributed by atoms with E-state index in [-0.39, 0.29) is 5.57 Å². The molecule has 0 unspecified atom stereocenters.